The van der Waals surface area contributed by atoms with E-state index in [1.807, 2.05) is 12.3 Å². The molecule has 1 amide bonds. The van der Waals surface area contributed by atoms with Crippen LogP contribution in [0.4, 0.5) is 4.39 Å². The number of hydrogen-bond acceptors (Lipinski definition) is 5. The van der Waals surface area contributed by atoms with Crippen molar-refractivity contribution in [3.63, 3.8) is 0 Å². The van der Waals surface area contributed by atoms with E-state index in [0.717, 1.165) is 30.0 Å². The molecule has 0 saturated heterocycles. The normalized spacial score (nSPS) is 10.8. The van der Waals surface area contributed by atoms with Gasteiger partial charge in [-0.2, -0.15) is 0 Å². The van der Waals surface area contributed by atoms with Crippen LogP contribution in [0.2, 0.25) is 0 Å². The van der Waals surface area contributed by atoms with Gasteiger partial charge in [0.15, 0.2) is 0 Å². The maximum atomic E-state index is 13.8. The lowest BCUT2D eigenvalue weighted by Crippen LogP contribution is -2.23. The number of hydrogen-bond donors (Lipinski definition) is 1. The van der Waals surface area contributed by atoms with Crippen molar-refractivity contribution in [3.8, 4) is 10.6 Å². The third-order valence-corrected chi connectivity index (χ3v) is 5.66. The van der Waals surface area contributed by atoms with Gasteiger partial charge in [0.25, 0.3) is 5.91 Å². The Kier molecular flexibility index (Phi) is 5.88. The standard InChI is InChI=1S/C18H18FN3OS2/c1-12-11-24-16(22-12)8-4-5-9-20-17(23)15-10-21-18(25-15)13-6-2-3-7-14(13)19/h2-3,6-7,10-11H,4-5,8-9H2,1H3,(H,20,23). The molecule has 0 spiro atoms. The number of carbonyl (C=O) groups excluding carboxylic acids is 1. The van der Waals surface area contributed by atoms with Gasteiger partial charge in [-0.3, -0.25) is 4.79 Å². The number of benzene rings is 1. The first-order valence-electron chi connectivity index (χ1n) is 8.03. The zero-order valence-electron chi connectivity index (χ0n) is 13.8. The molecule has 3 rings (SSSR count). The van der Waals surface area contributed by atoms with Gasteiger partial charge in [0.2, 0.25) is 0 Å². The fourth-order valence-electron chi connectivity index (χ4n) is 2.35. The summed E-state index contributed by atoms with van der Waals surface area (Å²) in [7, 11) is 0. The van der Waals surface area contributed by atoms with Gasteiger partial charge in [0.05, 0.1) is 11.2 Å². The van der Waals surface area contributed by atoms with E-state index in [1.165, 1.54) is 23.6 Å². The highest BCUT2D eigenvalue weighted by Crippen LogP contribution is 2.27. The largest absolute Gasteiger partial charge is 0.351 e. The van der Waals surface area contributed by atoms with Crippen LogP contribution >= 0.6 is 22.7 Å². The van der Waals surface area contributed by atoms with E-state index in [0.29, 0.717) is 22.0 Å². The van der Waals surface area contributed by atoms with Gasteiger partial charge in [-0.25, -0.2) is 14.4 Å². The number of unbranched alkanes of at least 4 members (excludes halogenated alkanes) is 1. The Morgan fingerprint density at radius 3 is 2.88 bits per heavy atom. The van der Waals surface area contributed by atoms with Crippen LogP contribution in [0.3, 0.4) is 0 Å². The quantitative estimate of drug-likeness (QED) is 0.620. The minimum Gasteiger partial charge on any atom is -0.351 e. The summed E-state index contributed by atoms with van der Waals surface area (Å²) in [5.74, 6) is -0.494. The molecule has 0 atom stereocenters. The predicted octanol–water partition coefficient (Wildman–Crippen LogP) is 4.47. The number of amides is 1. The molecule has 1 N–H and O–H groups in total. The molecule has 0 fully saturated rings. The maximum absolute atomic E-state index is 13.8. The molecule has 1 aromatic carbocycles. The van der Waals surface area contributed by atoms with Crippen LogP contribution in [0.1, 0.15) is 33.2 Å². The molecule has 3 aromatic rings. The molecule has 0 aliphatic carbocycles. The fourth-order valence-corrected chi connectivity index (χ4v) is 4.02. The van der Waals surface area contributed by atoms with E-state index in [1.54, 1.807) is 29.5 Å². The third kappa shape index (κ3) is 4.70. The van der Waals surface area contributed by atoms with E-state index in [-0.39, 0.29) is 11.7 Å². The molecule has 25 heavy (non-hydrogen) atoms. The molecule has 7 heteroatoms. The van der Waals surface area contributed by atoms with Crippen LogP contribution < -0.4 is 5.32 Å². The number of nitrogens with zero attached hydrogens (tertiary/aromatic N) is 2. The lowest BCUT2D eigenvalue weighted by Gasteiger charge is -2.02. The van der Waals surface area contributed by atoms with E-state index >= 15 is 0 Å². The highest BCUT2D eigenvalue weighted by Gasteiger charge is 2.13. The molecule has 0 saturated carbocycles. The van der Waals surface area contributed by atoms with Crippen LogP contribution in [0.5, 0.6) is 0 Å². The van der Waals surface area contributed by atoms with Crippen molar-refractivity contribution in [1.29, 1.82) is 0 Å². The summed E-state index contributed by atoms with van der Waals surface area (Å²) >= 11 is 2.88. The lowest BCUT2D eigenvalue weighted by atomic mass is 10.2. The summed E-state index contributed by atoms with van der Waals surface area (Å²) in [5.41, 5.74) is 1.48. The summed E-state index contributed by atoms with van der Waals surface area (Å²) in [4.78, 5) is 21.2. The van der Waals surface area contributed by atoms with Gasteiger partial charge >= 0.3 is 0 Å². The molecular formula is C18H18FN3OS2. The zero-order valence-corrected chi connectivity index (χ0v) is 15.4. The summed E-state index contributed by atoms with van der Waals surface area (Å²) in [6.45, 7) is 2.60. The maximum Gasteiger partial charge on any atom is 0.263 e. The molecule has 0 bridgehead atoms. The molecule has 0 radical (unpaired) electrons. The van der Waals surface area contributed by atoms with E-state index in [2.05, 4.69) is 15.3 Å². The second-order valence-electron chi connectivity index (χ2n) is 5.61. The number of thiazole rings is 2. The van der Waals surface area contributed by atoms with Crippen molar-refractivity contribution in [2.45, 2.75) is 26.2 Å². The Hall–Kier alpha value is -2.12. The van der Waals surface area contributed by atoms with Gasteiger partial charge in [-0.05, 0) is 38.3 Å². The van der Waals surface area contributed by atoms with Crippen LogP contribution in [-0.4, -0.2) is 22.4 Å². The first-order chi connectivity index (χ1) is 12.1. The molecule has 0 aliphatic rings. The van der Waals surface area contributed by atoms with Gasteiger partial charge < -0.3 is 5.32 Å². The van der Waals surface area contributed by atoms with Crippen molar-refractivity contribution in [1.82, 2.24) is 15.3 Å². The van der Waals surface area contributed by atoms with Gasteiger partial charge in [0.1, 0.15) is 15.7 Å². The average Bonchev–Trinajstić information content (AvgIpc) is 3.24. The topological polar surface area (TPSA) is 54.9 Å². The number of aromatic nitrogens is 2. The van der Waals surface area contributed by atoms with Gasteiger partial charge in [-0.15, -0.1) is 22.7 Å². The van der Waals surface area contributed by atoms with Crippen molar-refractivity contribution in [3.05, 3.63) is 57.2 Å². The molecule has 0 aliphatic heterocycles. The highest BCUT2D eigenvalue weighted by molar-refractivity contribution is 7.16. The monoisotopic (exact) mass is 375 g/mol. The Balaban J connectivity index is 1.46. The van der Waals surface area contributed by atoms with Crippen molar-refractivity contribution < 1.29 is 9.18 Å². The fraction of sp³-hybridized carbons (Fsp3) is 0.278. The van der Waals surface area contributed by atoms with Crippen molar-refractivity contribution >= 4 is 28.6 Å². The van der Waals surface area contributed by atoms with E-state index in [4.69, 9.17) is 0 Å². The van der Waals surface area contributed by atoms with Crippen LogP contribution in [0, 0.1) is 12.7 Å². The third-order valence-electron chi connectivity index (χ3n) is 3.60. The number of rotatable bonds is 7. The summed E-state index contributed by atoms with van der Waals surface area (Å²) in [6.07, 6.45) is 4.31. The number of aryl methyl sites for hydroxylation is 2. The van der Waals surface area contributed by atoms with Crippen molar-refractivity contribution in [2.24, 2.45) is 0 Å². The SMILES string of the molecule is Cc1csc(CCCCNC(=O)c2cnc(-c3ccccc3F)s2)n1. The molecule has 2 aromatic heterocycles. The van der Waals surface area contributed by atoms with Crippen molar-refractivity contribution in [2.75, 3.05) is 6.54 Å². The Morgan fingerprint density at radius 1 is 1.28 bits per heavy atom. The van der Waals surface area contributed by atoms with E-state index < -0.39 is 0 Å². The van der Waals surface area contributed by atoms with Crippen LogP contribution in [0.25, 0.3) is 10.6 Å². The summed E-state index contributed by atoms with van der Waals surface area (Å²) in [5, 5.41) is 6.60. The Bertz CT molecular complexity index is 859. The Labute approximate surface area is 153 Å². The van der Waals surface area contributed by atoms with Crippen LogP contribution in [0.15, 0.2) is 35.8 Å². The van der Waals surface area contributed by atoms with Gasteiger partial charge in [-0.1, -0.05) is 12.1 Å². The predicted molar refractivity (Wildman–Crippen MR) is 99.6 cm³/mol. The minimum atomic E-state index is -0.332. The van der Waals surface area contributed by atoms with Gasteiger partial charge in [0, 0.05) is 23.2 Å². The smallest absolute Gasteiger partial charge is 0.263 e. The first-order valence-corrected chi connectivity index (χ1v) is 9.73. The summed E-state index contributed by atoms with van der Waals surface area (Å²) in [6, 6.07) is 6.44. The minimum absolute atomic E-state index is 0.162. The number of halogens is 1. The molecule has 130 valence electrons. The summed E-state index contributed by atoms with van der Waals surface area (Å²) < 4.78 is 13.8. The number of carbonyl (C=O) groups is 1. The van der Waals surface area contributed by atoms with Crippen LogP contribution in [-0.2, 0) is 6.42 Å². The van der Waals surface area contributed by atoms with E-state index in [9.17, 15) is 9.18 Å². The molecule has 4 nitrogen and oxygen atoms in total. The number of nitrogens with one attached hydrogen (secondary N) is 1. The second kappa shape index (κ2) is 8.31. The molecular weight excluding hydrogens is 357 g/mol. The average molecular weight is 375 g/mol. The molecule has 2 heterocycles. The Morgan fingerprint density at radius 2 is 2.12 bits per heavy atom. The highest BCUT2D eigenvalue weighted by atomic mass is 32.1. The first kappa shape index (κ1) is 17.7. The zero-order chi connectivity index (χ0) is 17.6. The second-order valence-corrected chi connectivity index (χ2v) is 7.58. The molecule has 0 unspecified atom stereocenters. The lowest BCUT2D eigenvalue weighted by molar-refractivity contribution is 0.0957.